The molecule has 4 aromatic rings. The number of thioether (sulfide) groups is 1. The van der Waals surface area contributed by atoms with E-state index >= 15 is 0 Å². The van der Waals surface area contributed by atoms with E-state index in [1.807, 2.05) is 22.1 Å². The van der Waals surface area contributed by atoms with Crippen LogP contribution in [0.2, 0.25) is 0 Å². The molecular formula is C22H25N5OS2. The maximum atomic E-state index is 13.4. The molecule has 4 heterocycles. The van der Waals surface area contributed by atoms with Crippen LogP contribution in [0.5, 0.6) is 0 Å². The van der Waals surface area contributed by atoms with Gasteiger partial charge in [0, 0.05) is 34.8 Å². The minimum atomic E-state index is 0.131. The first-order valence-corrected chi connectivity index (χ1v) is 12.4. The van der Waals surface area contributed by atoms with E-state index in [0.717, 1.165) is 57.5 Å². The summed E-state index contributed by atoms with van der Waals surface area (Å²) in [5.41, 5.74) is 4.43. The fourth-order valence-electron chi connectivity index (χ4n) is 4.28. The second-order valence-corrected chi connectivity index (χ2v) is 10.00. The first-order chi connectivity index (χ1) is 14.5. The van der Waals surface area contributed by atoms with Gasteiger partial charge in [-0.15, -0.1) is 11.3 Å². The van der Waals surface area contributed by atoms with Gasteiger partial charge in [0.15, 0.2) is 5.16 Å². The molecule has 0 saturated heterocycles. The third kappa shape index (κ3) is 3.36. The van der Waals surface area contributed by atoms with Crippen molar-refractivity contribution in [2.75, 3.05) is 0 Å². The topological polar surface area (TPSA) is 65.1 Å². The van der Waals surface area contributed by atoms with Crippen LogP contribution in [0.3, 0.4) is 0 Å². The normalized spacial score (nSPS) is 14.0. The van der Waals surface area contributed by atoms with Crippen molar-refractivity contribution in [3.8, 4) is 0 Å². The van der Waals surface area contributed by atoms with Gasteiger partial charge < -0.3 is 0 Å². The minimum Gasteiger partial charge on any atom is -0.288 e. The predicted octanol–water partition coefficient (Wildman–Crippen LogP) is 4.70. The van der Waals surface area contributed by atoms with Gasteiger partial charge in [0.1, 0.15) is 4.83 Å². The highest BCUT2D eigenvalue weighted by atomic mass is 32.2. The summed E-state index contributed by atoms with van der Waals surface area (Å²) in [6, 6.07) is 2.05. The van der Waals surface area contributed by atoms with E-state index in [1.54, 1.807) is 23.1 Å². The summed E-state index contributed by atoms with van der Waals surface area (Å²) in [6.45, 7) is 6.85. The Hall–Kier alpha value is -2.19. The van der Waals surface area contributed by atoms with Crippen LogP contribution in [0.4, 0.5) is 0 Å². The molecule has 0 unspecified atom stereocenters. The fraction of sp³-hybridized carbons (Fsp3) is 0.455. The van der Waals surface area contributed by atoms with Crippen molar-refractivity contribution in [1.82, 2.24) is 23.9 Å². The molecular weight excluding hydrogens is 414 g/mol. The Morgan fingerprint density at radius 1 is 1.17 bits per heavy atom. The molecule has 6 nitrogen and oxygen atoms in total. The lowest BCUT2D eigenvalue weighted by molar-refractivity contribution is 0.584. The van der Waals surface area contributed by atoms with Crippen LogP contribution in [0.15, 0.2) is 22.2 Å². The predicted molar refractivity (Wildman–Crippen MR) is 123 cm³/mol. The highest BCUT2D eigenvalue weighted by Crippen LogP contribution is 2.35. The second-order valence-electron chi connectivity index (χ2n) is 7.97. The minimum absolute atomic E-state index is 0.131. The Morgan fingerprint density at radius 3 is 2.83 bits per heavy atom. The summed E-state index contributed by atoms with van der Waals surface area (Å²) in [7, 11) is 0. The number of aryl methyl sites for hydroxylation is 4. The van der Waals surface area contributed by atoms with E-state index in [-0.39, 0.29) is 5.56 Å². The first kappa shape index (κ1) is 19.8. The maximum absolute atomic E-state index is 13.4. The zero-order chi connectivity index (χ0) is 20.8. The van der Waals surface area contributed by atoms with Gasteiger partial charge in [0.05, 0.1) is 11.1 Å². The van der Waals surface area contributed by atoms with E-state index in [2.05, 4.69) is 29.9 Å². The van der Waals surface area contributed by atoms with Gasteiger partial charge in [-0.05, 0) is 57.6 Å². The van der Waals surface area contributed by atoms with Gasteiger partial charge >= 0.3 is 0 Å². The molecule has 0 atom stereocenters. The summed E-state index contributed by atoms with van der Waals surface area (Å²) in [4.78, 5) is 29.8. The molecule has 30 heavy (non-hydrogen) atoms. The standard InChI is InChI=1S/C22H25N5OS2/c1-4-9-26-20(28)18-16-7-5-6-8-17(16)30-19(18)25-22(26)29-12-15-11-27-14(3)10-13(2)23-21(27)24-15/h10-11H,4-9,12H2,1-3H3. The molecule has 0 N–H and O–H groups in total. The third-order valence-electron chi connectivity index (χ3n) is 5.65. The monoisotopic (exact) mass is 439 g/mol. The SMILES string of the molecule is CCCn1c(SCc2cn3c(C)cc(C)nc3n2)nc2sc3c(c2c1=O)CCCC3. The number of nitrogens with zero attached hydrogens (tertiary/aromatic N) is 5. The van der Waals surface area contributed by atoms with Crippen molar-refractivity contribution >= 4 is 39.1 Å². The molecule has 0 radical (unpaired) electrons. The van der Waals surface area contributed by atoms with Gasteiger partial charge in [0.25, 0.3) is 5.56 Å². The van der Waals surface area contributed by atoms with Gasteiger partial charge in [-0.1, -0.05) is 18.7 Å². The Bertz CT molecular complexity index is 1320. The van der Waals surface area contributed by atoms with E-state index in [4.69, 9.17) is 4.98 Å². The molecule has 1 aliphatic rings. The van der Waals surface area contributed by atoms with E-state index < -0.39 is 0 Å². The van der Waals surface area contributed by atoms with Crippen LogP contribution in [-0.4, -0.2) is 23.9 Å². The van der Waals surface area contributed by atoms with Crippen molar-refractivity contribution < 1.29 is 0 Å². The quantitative estimate of drug-likeness (QED) is 0.333. The first-order valence-electron chi connectivity index (χ1n) is 10.5. The number of fused-ring (bicyclic) bond motifs is 4. The van der Waals surface area contributed by atoms with Crippen molar-refractivity contribution in [2.45, 2.75) is 70.3 Å². The van der Waals surface area contributed by atoms with Gasteiger partial charge in [-0.25, -0.2) is 15.0 Å². The van der Waals surface area contributed by atoms with Gasteiger partial charge in [0.2, 0.25) is 5.78 Å². The zero-order valence-electron chi connectivity index (χ0n) is 17.6. The van der Waals surface area contributed by atoms with Crippen LogP contribution >= 0.6 is 23.1 Å². The molecule has 0 aromatic carbocycles. The van der Waals surface area contributed by atoms with Crippen LogP contribution < -0.4 is 5.56 Å². The average molecular weight is 440 g/mol. The highest BCUT2D eigenvalue weighted by molar-refractivity contribution is 7.98. The lowest BCUT2D eigenvalue weighted by Gasteiger charge is -2.12. The summed E-state index contributed by atoms with van der Waals surface area (Å²) in [5, 5.41) is 1.67. The molecule has 0 aliphatic heterocycles. The Labute approximate surface area is 183 Å². The number of hydrogen-bond donors (Lipinski definition) is 0. The van der Waals surface area contributed by atoms with Crippen molar-refractivity contribution in [1.29, 1.82) is 0 Å². The Kier molecular flexibility index (Phi) is 5.14. The van der Waals surface area contributed by atoms with Gasteiger partial charge in [-0.2, -0.15) is 0 Å². The van der Waals surface area contributed by atoms with Gasteiger partial charge in [-0.3, -0.25) is 13.8 Å². The molecule has 4 aromatic heterocycles. The maximum Gasteiger partial charge on any atom is 0.263 e. The molecule has 0 fully saturated rings. The largest absolute Gasteiger partial charge is 0.288 e. The molecule has 156 valence electrons. The molecule has 8 heteroatoms. The number of imidazole rings is 1. The molecule has 5 rings (SSSR count). The van der Waals surface area contributed by atoms with Crippen LogP contribution in [0.25, 0.3) is 16.0 Å². The Morgan fingerprint density at radius 2 is 2.00 bits per heavy atom. The van der Waals surface area contributed by atoms with E-state index in [9.17, 15) is 4.79 Å². The lowest BCUT2D eigenvalue weighted by atomic mass is 9.97. The number of rotatable bonds is 5. The summed E-state index contributed by atoms with van der Waals surface area (Å²) in [5.74, 6) is 1.39. The van der Waals surface area contributed by atoms with Crippen LogP contribution in [0, 0.1) is 13.8 Å². The molecule has 0 spiro atoms. The van der Waals surface area contributed by atoms with Crippen LogP contribution in [0.1, 0.15) is 53.7 Å². The van der Waals surface area contributed by atoms with Crippen molar-refractivity contribution in [2.24, 2.45) is 0 Å². The highest BCUT2D eigenvalue weighted by Gasteiger charge is 2.22. The van der Waals surface area contributed by atoms with Crippen molar-refractivity contribution in [3.05, 3.63) is 50.1 Å². The molecule has 0 amide bonds. The number of hydrogen-bond acceptors (Lipinski definition) is 6. The average Bonchev–Trinajstić information content (AvgIpc) is 3.29. The number of aromatic nitrogens is 5. The molecule has 0 saturated carbocycles. The smallest absolute Gasteiger partial charge is 0.263 e. The number of thiophene rings is 1. The van der Waals surface area contributed by atoms with E-state index in [0.29, 0.717) is 12.3 Å². The molecule has 0 bridgehead atoms. The van der Waals surface area contributed by atoms with E-state index in [1.165, 1.54) is 23.3 Å². The fourth-order valence-corrected chi connectivity index (χ4v) is 6.49. The Balaban J connectivity index is 1.53. The zero-order valence-corrected chi connectivity index (χ0v) is 19.2. The molecule has 1 aliphatic carbocycles. The second kappa shape index (κ2) is 7.81. The van der Waals surface area contributed by atoms with Crippen LogP contribution in [-0.2, 0) is 25.1 Å². The lowest BCUT2D eigenvalue weighted by Crippen LogP contribution is -2.23. The third-order valence-corrected chi connectivity index (χ3v) is 7.84. The summed E-state index contributed by atoms with van der Waals surface area (Å²) >= 11 is 3.31. The van der Waals surface area contributed by atoms with Crippen molar-refractivity contribution in [3.63, 3.8) is 0 Å². The summed E-state index contributed by atoms with van der Waals surface area (Å²) < 4.78 is 3.89. The summed E-state index contributed by atoms with van der Waals surface area (Å²) in [6.07, 6.45) is 7.42.